The van der Waals surface area contributed by atoms with E-state index >= 15 is 0 Å². The summed E-state index contributed by atoms with van der Waals surface area (Å²) in [5.74, 6) is 1.70. The Balaban J connectivity index is 1.48. The lowest BCUT2D eigenvalue weighted by Gasteiger charge is -2.07. The van der Waals surface area contributed by atoms with E-state index in [1.807, 2.05) is 48.9 Å². The van der Waals surface area contributed by atoms with Gasteiger partial charge >= 0.3 is 0 Å². The first-order valence-corrected chi connectivity index (χ1v) is 8.64. The van der Waals surface area contributed by atoms with Gasteiger partial charge < -0.3 is 9.84 Å². The molecule has 0 unspecified atom stereocenters. The van der Waals surface area contributed by atoms with Crippen LogP contribution in [0.15, 0.2) is 47.4 Å². The SMILES string of the molecule is Cc1noc(C)c1CCCNc1ncnc2c1cnn2-c1ccccc1. The molecule has 7 nitrogen and oxygen atoms in total. The fourth-order valence-electron chi connectivity index (χ4n) is 3.07. The second-order valence-electron chi connectivity index (χ2n) is 6.18. The molecule has 0 bridgehead atoms. The standard InChI is InChI=1S/C19H20N6O/c1-13-16(14(2)26-24-13)9-6-10-20-18-17-11-23-25(19(17)22-12-21-18)15-7-4-3-5-8-15/h3-5,7-8,11-12H,6,9-10H2,1-2H3,(H,20,21,22). The molecule has 1 aromatic carbocycles. The second kappa shape index (κ2) is 6.95. The summed E-state index contributed by atoms with van der Waals surface area (Å²) in [6.45, 7) is 4.73. The summed E-state index contributed by atoms with van der Waals surface area (Å²) >= 11 is 0. The zero-order valence-corrected chi connectivity index (χ0v) is 14.8. The molecule has 26 heavy (non-hydrogen) atoms. The van der Waals surface area contributed by atoms with Gasteiger partial charge in [0.25, 0.3) is 0 Å². The normalized spacial score (nSPS) is 11.2. The quantitative estimate of drug-likeness (QED) is 0.537. The summed E-state index contributed by atoms with van der Waals surface area (Å²) in [6, 6.07) is 9.96. The van der Waals surface area contributed by atoms with Gasteiger partial charge in [0.05, 0.1) is 23.0 Å². The molecule has 0 aliphatic heterocycles. The van der Waals surface area contributed by atoms with E-state index in [4.69, 9.17) is 4.52 Å². The average Bonchev–Trinajstić information content (AvgIpc) is 3.24. The third kappa shape index (κ3) is 3.03. The van der Waals surface area contributed by atoms with Crippen LogP contribution in [-0.2, 0) is 6.42 Å². The van der Waals surface area contributed by atoms with E-state index in [9.17, 15) is 0 Å². The number of para-hydroxylation sites is 1. The monoisotopic (exact) mass is 348 g/mol. The zero-order valence-electron chi connectivity index (χ0n) is 14.8. The first kappa shape index (κ1) is 16.3. The zero-order chi connectivity index (χ0) is 17.9. The van der Waals surface area contributed by atoms with E-state index in [0.717, 1.165) is 53.4 Å². The Labute approximate surface area is 151 Å². The van der Waals surface area contributed by atoms with Crippen LogP contribution in [0, 0.1) is 13.8 Å². The first-order chi connectivity index (χ1) is 12.7. The lowest BCUT2D eigenvalue weighted by molar-refractivity contribution is 0.392. The van der Waals surface area contributed by atoms with Crippen molar-refractivity contribution in [2.75, 3.05) is 11.9 Å². The van der Waals surface area contributed by atoms with Gasteiger partial charge in [0, 0.05) is 12.1 Å². The number of hydrogen-bond acceptors (Lipinski definition) is 6. The Morgan fingerprint density at radius 2 is 1.96 bits per heavy atom. The van der Waals surface area contributed by atoms with E-state index in [1.54, 1.807) is 12.5 Å². The average molecular weight is 348 g/mol. The summed E-state index contributed by atoms with van der Waals surface area (Å²) in [5.41, 5.74) is 3.93. The van der Waals surface area contributed by atoms with Gasteiger partial charge in [-0.2, -0.15) is 5.10 Å². The molecule has 0 saturated carbocycles. The topological polar surface area (TPSA) is 81.7 Å². The van der Waals surface area contributed by atoms with Gasteiger partial charge in [0.2, 0.25) is 0 Å². The van der Waals surface area contributed by atoms with Crippen molar-refractivity contribution in [3.05, 3.63) is 59.9 Å². The molecule has 0 aliphatic carbocycles. The molecule has 0 saturated heterocycles. The minimum Gasteiger partial charge on any atom is -0.369 e. The number of hydrogen-bond donors (Lipinski definition) is 1. The number of rotatable bonds is 6. The number of anilines is 1. The van der Waals surface area contributed by atoms with Crippen molar-refractivity contribution in [2.24, 2.45) is 0 Å². The Morgan fingerprint density at radius 1 is 1.12 bits per heavy atom. The molecule has 0 amide bonds. The minimum atomic E-state index is 0.791. The van der Waals surface area contributed by atoms with Crippen molar-refractivity contribution in [3.63, 3.8) is 0 Å². The molecule has 4 aromatic rings. The van der Waals surface area contributed by atoms with Crippen LogP contribution in [0.25, 0.3) is 16.7 Å². The first-order valence-electron chi connectivity index (χ1n) is 8.64. The summed E-state index contributed by atoms with van der Waals surface area (Å²) in [5, 5.41) is 12.8. The van der Waals surface area contributed by atoms with Crippen molar-refractivity contribution in [2.45, 2.75) is 26.7 Å². The molecule has 0 fully saturated rings. The maximum Gasteiger partial charge on any atom is 0.168 e. The van der Waals surface area contributed by atoms with E-state index in [-0.39, 0.29) is 0 Å². The Kier molecular flexibility index (Phi) is 4.35. The number of nitrogens with one attached hydrogen (secondary N) is 1. The van der Waals surface area contributed by atoms with Gasteiger partial charge in [-0.15, -0.1) is 0 Å². The van der Waals surface area contributed by atoms with Gasteiger partial charge in [-0.3, -0.25) is 0 Å². The number of nitrogens with zero attached hydrogens (tertiary/aromatic N) is 5. The lowest BCUT2D eigenvalue weighted by atomic mass is 10.1. The van der Waals surface area contributed by atoms with E-state index in [0.29, 0.717) is 0 Å². The Morgan fingerprint density at radius 3 is 2.73 bits per heavy atom. The van der Waals surface area contributed by atoms with Gasteiger partial charge in [0.1, 0.15) is 17.9 Å². The van der Waals surface area contributed by atoms with Crippen molar-refractivity contribution in [1.29, 1.82) is 0 Å². The van der Waals surface area contributed by atoms with Crippen molar-refractivity contribution < 1.29 is 4.52 Å². The highest BCUT2D eigenvalue weighted by Gasteiger charge is 2.11. The van der Waals surface area contributed by atoms with Crippen LogP contribution in [0.1, 0.15) is 23.4 Å². The van der Waals surface area contributed by atoms with Crippen molar-refractivity contribution in [1.82, 2.24) is 24.9 Å². The maximum atomic E-state index is 5.21. The number of benzene rings is 1. The molecule has 0 radical (unpaired) electrons. The third-order valence-electron chi connectivity index (χ3n) is 4.44. The highest BCUT2D eigenvalue weighted by Crippen LogP contribution is 2.21. The summed E-state index contributed by atoms with van der Waals surface area (Å²) in [4.78, 5) is 8.78. The second-order valence-corrected chi connectivity index (χ2v) is 6.18. The predicted molar refractivity (Wildman–Crippen MR) is 99.4 cm³/mol. The van der Waals surface area contributed by atoms with Crippen LogP contribution < -0.4 is 5.32 Å². The van der Waals surface area contributed by atoms with E-state index in [2.05, 4.69) is 25.5 Å². The number of aromatic nitrogens is 5. The fourth-order valence-corrected chi connectivity index (χ4v) is 3.07. The number of aryl methyl sites for hydroxylation is 2. The molecule has 4 rings (SSSR count). The van der Waals surface area contributed by atoms with Crippen LogP contribution in [0.4, 0.5) is 5.82 Å². The van der Waals surface area contributed by atoms with Crippen molar-refractivity contribution in [3.8, 4) is 5.69 Å². The van der Waals surface area contributed by atoms with Gasteiger partial charge in [-0.05, 0) is 38.8 Å². The highest BCUT2D eigenvalue weighted by molar-refractivity contribution is 5.87. The van der Waals surface area contributed by atoms with Crippen LogP contribution >= 0.6 is 0 Å². The molecule has 0 aliphatic rings. The van der Waals surface area contributed by atoms with Crippen LogP contribution in [0.3, 0.4) is 0 Å². The van der Waals surface area contributed by atoms with Crippen LogP contribution in [-0.4, -0.2) is 31.4 Å². The van der Waals surface area contributed by atoms with E-state index in [1.165, 1.54) is 5.56 Å². The van der Waals surface area contributed by atoms with Crippen molar-refractivity contribution >= 4 is 16.9 Å². The van der Waals surface area contributed by atoms with E-state index < -0.39 is 0 Å². The summed E-state index contributed by atoms with van der Waals surface area (Å²) < 4.78 is 7.04. The van der Waals surface area contributed by atoms with Crippen LogP contribution in [0.2, 0.25) is 0 Å². The van der Waals surface area contributed by atoms with Gasteiger partial charge in [-0.1, -0.05) is 23.4 Å². The molecule has 1 N–H and O–H groups in total. The molecule has 0 atom stereocenters. The highest BCUT2D eigenvalue weighted by atomic mass is 16.5. The van der Waals surface area contributed by atoms with Crippen LogP contribution in [0.5, 0.6) is 0 Å². The Bertz CT molecular complexity index is 1000. The fraction of sp³-hybridized carbons (Fsp3) is 0.263. The molecule has 132 valence electrons. The molecule has 0 spiro atoms. The third-order valence-corrected chi connectivity index (χ3v) is 4.44. The number of fused-ring (bicyclic) bond motifs is 1. The Hall–Kier alpha value is -3.22. The summed E-state index contributed by atoms with van der Waals surface area (Å²) in [6.07, 6.45) is 5.26. The summed E-state index contributed by atoms with van der Waals surface area (Å²) in [7, 11) is 0. The van der Waals surface area contributed by atoms with Gasteiger partial charge in [-0.25, -0.2) is 14.6 Å². The molecular formula is C19H20N6O. The maximum absolute atomic E-state index is 5.21. The van der Waals surface area contributed by atoms with Gasteiger partial charge in [0.15, 0.2) is 5.65 Å². The molecule has 3 aromatic heterocycles. The molecule has 7 heteroatoms. The lowest BCUT2D eigenvalue weighted by Crippen LogP contribution is -2.06. The minimum absolute atomic E-state index is 0.791. The smallest absolute Gasteiger partial charge is 0.168 e. The largest absolute Gasteiger partial charge is 0.369 e. The predicted octanol–water partition coefficient (Wildman–Crippen LogP) is 3.47. The molecular weight excluding hydrogens is 328 g/mol. The molecule has 3 heterocycles.